The molecule has 1 N–H and O–H groups in total. The lowest BCUT2D eigenvalue weighted by Crippen LogP contribution is -2.16. The van der Waals surface area contributed by atoms with Crippen molar-refractivity contribution in [1.29, 1.82) is 0 Å². The van der Waals surface area contributed by atoms with Crippen LogP contribution in [0.4, 0.5) is 18.9 Å². The van der Waals surface area contributed by atoms with Crippen LogP contribution in [0.1, 0.15) is 27.2 Å². The lowest BCUT2D eigenvalue weighted by Gasteiger charge is -2.12. The normalized spacial score (nSPS) is 11.4. The van der Waals surface area contributed by atoms with Crippen molar-refractivity contribution in [2.45, 2.75) is 24.0 Å². The van der Waals surface area contributed by atoms with E-state index in [2.05, 4.69) is 15.3 Å². The van der Waals surface area contributed by atoms with Gasteiger partial charge in [-0.15, -0.1) is 0 Å². The third kappa shape index (κ3) is 5.44. The van der Waals surface area contributed by atoms with E-state index < -0.39 is 22.7 Å². The predicted octanol–water partition coefficient (Wildman–Crippen LogP) is 6.66. The number of halogens is 5. The highest BCUT2D eigenvalue weighted by Crippen LogP contribution is 2.36. The molecular formula is C20H14Cl2F3N3OS. The molecule has 0 aliphatic carbocycles. The van der Waals surface area contributed by atoms with Gasteiger partial charge in [-0.1, -0.05) is 59.2 Å². The Morgan fingerprint density at radius 3 is 2.57 bits per heavy atom. The second kappa shape index (κ2) is 9.24. The molecule has 1 amide bonds. The number of amides is 1. The van der Waals surface area contributed by atoms with Gasteiger partial charge in [-0.2, -0.15) is 13.2 Å². The first kappa shape index (κ1) is 22.4. The number of aromatic nitrogens is 2. The van der Waals surface area contributed by atoms with E-state index in [-0.39, 0.29) is 16.4 Å². The minimum atomic E-state index is -4.65. The second-order valence-electron chi connectivity index (χ2n) is 6.21. The van der Waals surface area contributed by atoms with Crippen LogP contribution in [-0.4, -0.2) is 15.9 Å². The van der Waals surface area contributed by atoms with Crippen molar-refractivity contribution in [3.05, 3.63) is 81.1 Å². The quantitative estimate of drug-likeness (QED) is 0.334. The summed E-state index contributed by atoms with van der Waals surface area (Å²) >= 11 is 12.9. The zero-order chi connectivity index (χ0) is 21.9. The Morgan fingerprint density at radius 1 is 1.13 bits per heavy atom. The number of nitrogens with zero attached hydrogens (tertiary/aromatic N) is 2. The molecule has 4 nitrogen and oxygen atoms in total. The van der Waals surface area contributed by atoms with E-state index in [1.807, 2.05) is 31.2 Å². The number of hydrogen-bond donors (Lipinski definition) is 1. The van der Waals surface area contributed by atoms with Crippen LogP contribution in [0.15, 0.2) is 53.8 Å². The highest BCUT2D eigenvalue weighted by molar-refractivity contribution is 7.98. The Kier molecular flexibility index (Phi) is 6.90. The molecule has 0 unspecified atom stereocenters. The summed E-state index contributed by atoms with van der Waals surface area (Å²) in [4.78, 5) is 20.8. The number of aryl methyl sites for hydroxylation is 1. The van der Waals surface area contributed by atoms with Crippen molar-refractivity contribution in [2.75, 3.05) is 5.32 Å². The van der Waals surface area contributed by atoms with Crippen molar-refractivity contribution in [3.8, 4) is 0 Å². The number of thioether (sulfide) groups is 1. The summed E-state index contributed by atoms with van der Waals surface area (Å²) in [6.45, 7) is 1.98. The van der Waals surface area contributed by atoms with E-state index >= 15 is 0 Å². The maximum atomic E-state index is 13.0. The molecule has 0 bridgehead atoms. The van der Waals surface area contributed by atoms with E-state index in [1.54, 1.807) is 0 Å². The number of rotatable bonds is 5. The lowest BCUT2D eigenvalue weighted by molar-refractivity contribution is -0.137. The fourth-order valence-corrected chi connectivity index (χ4v) is 3.80. The number of alkyl halides is 3. The van der Waals surface area contributed by atoms with Crippen LogP contribution in [0, 0.1) is 6.92 Å². The molecule has 0 saturated carbocycles. The number of benzene rings is 2. The predicted molar refractivity (Wildman–Crippen MR) is 112 cm³/mol. The number of carbonyl (C=O) groups is 1. The van der Waals surface area contributed by atoms with Gasteiger partial charge in [-0.3, -0.25) is 4.79 Å². The second-order valence-corrected chi connectivity index (χ2v) is 7.97. The number of nitrogens with one attached hydrogen (secondary N) is 1. The molecule has 0 fully saturated rings. The Balaban J connectivity index is 1.78. The van der Waals surface area contributed by atoms with Gasteiger partial charge in [0.25, 0.3) is 5.91 Å². The largest absolute Gasteiger partial charge is 0.417 e. The maximum absolute atomic E-state index is 13.0. The van der Waals surface area contributed by atoms with Crippen molar-refractivity contribution in [1.82, 2.24) is 9.97 Å². The summed E-state index contributed by atoms with van der Waals surface area (Å²) in [7, 11) is 0. The van der Waals surface area contributed by atoms with Gasteiger partial charge in [-0.05, 0) is 36.2 Å². The Bertz CT molecular complexity index is 1090. The molecule has 1 aromatic heterocycles. The van der Waals surface area contributed by atoms with Gasteiger partial charge in [0.2, 0.25) is 0 Å². The SMILES string of the molecule is Cc1ccccc1CSc1ncc(Cl)c(C(=O)Nc2ccc(Cl)c(C(F)(F)F)c2)n1. The van der Waals surface area contributed by atoms with Gasteiger partial charge < -0.3 is 5.32 Å². The van der Waals surface area contributed by atoms with Crippen LogP contribution in [0.5, 0.6) is 0 Å². The van der Waals surface area contributed by atoms with E-state index in [0.717, 1.165) is 23.3 Å². The fraction of sp³-hybridized carbons (Fsp3) is 0.150. The number of hydrogen-bond acceptors (Lipinski definition) is 4. The number of anilines is 1. The topological polar surface area (TPSA) is 54.9 Å². The number of carbonyl (C=O) groups excluding carboxylic acids is 1. The summed E-state index contributed by atoms with van der Waals surface area (Å²) in [5, 5.41) is 2.21. The molecule has 3 rings (SSSR count). The maximum Gasteiger partial charge on any atom is 0.417 e. The van der Waals surface area contributed by atoms with Gasteiger partial charge in [0.1, 0.15) is 0 Å². The van der Waals surface area contributed by atoms with Crippen LogP contribution in [0.2, 0.25) is 10.0 Å². The van der Waals surface area contributed by atoms with Crippen LogP contribution >= 0.6 is 35.0 Å². The Labute approximate surface area is 184 Å². The van der Waals surface area contributed by atoms with Gasteiger partial charge in [0.05, 0.1) is 21.8 Å². The van der Waals surface area contributed by atoms with E-state index in [9.17, 15) is 18.0 Å². The van der Waals surface area contributed by atoms with Crippen LogP contribution in [-0.2, 0) is 11.9 Å². The van der Waals surface area contributed by atoms with Gasteiger partial charge in [0.15, 0.2) is 10.9 Å². The summed E-state index contributed by atoms with van der Waals surface area (Å²) in [6, 6.07) is 10.9. The molecule has 0 atom stereocenters. The van der Waals surface area contributed by atoms with Crippen LogP contribution in [0.25, 0.3) is 0 Å². The summed E-state index contributed by atoms with van der Waals surface area (Å²) < 4.78 is 39.1. The van der Waals surface area contributed by atoms with E-state index in [0.29, 0.717) is 10.9 Å². The van der Waals surface area contributed by atoms with Gasteiger partial charge >= 0.3 is 6.18 Å². The minimum Gasteiger partial charge on any atom is -0.321 e. The van der Waals surface area contributed by atoms with Gasteiger partial charge in [0, 0.05) is 11.4 Å². The molecule has 0 saturated heterocycles. The third-order valence-corrected chi connectivity index (χ3v) is 5.60. The average molecular weight is 472 g/mol. The first-order chi connectivity index (χ1) is 14.1. The van der Waals surface area contributed by atoms with Crippen molar-refractivity contribution in [2.24, 2.45) is 0 Å². The third-order valence-electron chi connectivity index (χ3n) is 4.08. The standard InChI is InChI=1S/C20H14Cl2F3N3OS/c1-11-4-2-3-5-12(11)10-30-19-26-9-16(22)17(28-19)18(29)27-13-6-7-15(21)14(8-13)20(23,24)25/h2-9H,10H2,1H3,(H,27,29). The van der Waals surface area contributed by atoms with Crippen LogP contribution < -0.4 is 5.32 Å². The van der Waals surface area contributed by atoms with Crippen LogP contribution in [0.3, 0.4) is 0 Å². The minimum absolute atomic E-state index is 0.0160. The monoisotopic (exact) mass is 471 g/mol. The molecule has 0 spiro atoms. The molecule has 0 aliphatic rings. The Hall–Kier alpha value is -2.29. The molecule has 0 radical (unpaired) electrons. The van der Waals surface area contributed by atoms with Crippen molar-refractivity contribution < 1.29 is 18.0 Å². The highest BCUT2D eigenvalue weighted by atomic mass is 35.5. The summed E-state index contributed by atoms with van der Waals surface area (Å²) in [5.74, 6) is -0.169. The summed E-state index contributed by atoms with van der Waals surface area (Å²) in [6.07, 6.45) is -3.36. The molecule has 10 heteroatoms. The molecule has 156 valence electrons. The molecule has 1 heterocycles. The zero-order valence-corrected chi connectivity index (χ0v) is 17.8. The Morgan fingerprint density at radius 2 is 1.87 bits per heavy atom. The fourth-order valence-electron chi connectivity index (χ4n) is 2.50. The zero-order valence-electron chi connectivity index (χ0n) is 15.4. The molecule has 30 heavy (non-hydrogen) atoms. The summed E-state index contributed by atoms with van der Waals surface area (Å²) in [5.41, 5.74) is 0.932. The molecule has 0 aliphatic heterocycles. The van der Waals surface area contributed by atoms with E-state index in [1.165, 1.54) is 24.0 Å². The molecule has 2 aromatic carbocycles. The smallest absolute Gasteiger partial charge is 0.321 e. The lowest BCUT2D eigenvalue weighted by atomic mass is 10.1. The first-order valence-corrected chi connectivity index (χ1v) is 10.3. The molecular weight excluding hydrogens is 458 g/mol. The van der Waals surface area contributed by atoms with Crippen molar-refractivity contribution in [3.63, 3.8) is 0 Å². The molecule has 3 aromatic rings. The first-order valence-electron chi connectivity index (χ1n) is 8.53. The van der Waals surface area contributed by atoms with Crippen molar-refractivity contribution >= 4 is 46.6 Å². The average Bonchev–Trinajstić information content (AvgIpc) is 2.69. The van der Waals surface area contributed by atoms with Gasteiger partial charge in [-0.25, -0.2) is 9.97 Å². The highest BCUT2D eigenvalue weighted by Gasteiger charge is 2.33. The van der Waals surface area contributed by atoms with E-state index in [4.69, 9.17) is 23.2 Å².